The van der Waals surface area contributed by atoms with Crippen molar-refractivity contribution in [2.45, 2.75) is 43.5 Å². The number of benzene rings is 4. The van der Waals surface area contributed by atoms with Gasteiger partial charge in [-0.15, -0.1) is 11.8 Å². The molecule has 4 atom stereocenters. The number of carbonyl (C=O) groups excluding carboxylic acids is 1. The zero-order chi connectivity index (χ0) is 31.2. The standard InChI is InChI=1S/C36H35N3O5S/c1-23-32(22-45-33-10-6-5-9-31(33)42-2)43-36(44-34(23)26-15-13-25(21-40)14-16-26)27-17-11-24(12-18-27)19-38-35(41)30-20-37-28-7-3-4-8-29(28)39-30/h3-18,20,23,32,34,36,40H,19,21-22H2,1-2H3,(H,38,41)/t23-,32+,34+,36+/m0/s1. The third-order valence-electron chi connectivity index (χ3n) is 7.98. The Balaban J connectivity index is 1.16. The summed E-state index contributed by atoms with van der Waals surface area (Å²) < 4.78 is 18.8. The summed E-state index contributed by atoms with van der Waals surface area (Å²) in [6, 6.07) is 31.3. The van der Waals surface area contributed by atoms with Crippen molar-refractivity contribution in [2.24, 2.45) is 5.92 Å². The number of rotatable bonds is 10. The largest absolute Gasteiger partial charge is 0.496 e. The second kappa shape index (κ2) is 14.2. The van der Waals surface area contributed by atoms with E-state index in [-0.39, 0.29) is 36.3 Å². The Bertz CT molecular complexity index is 1750. The van der Waals surface area contributed by atoms with Crippen LogP contribution in [-0.4, -0.2) is 39.9 Å². The highest BCUT2D eigenvalue weighted by Gasteiger charge is 2.38. The number of carbonyl (C=O) groups is 1. The molecule has 2 heterocycles. The third-order valence-corrected chi connectivity index (χ3v) is 9.13. The fourth-order valence-electron chi connectivity index (χ4n) is 5.35. The van der Waals surface area contributed by atoms with Crippen molar-refractivity contribution >= 4 is 28.7 Å². The average Bonchev–Trinajstić information content (AvgIpc) is 3.10. The first kappa shape index (κ1) is 30.7. The number of aliphatic hydroxyl groups is 1. The Morgan fingerprint density at radius 1 is 0.889 bits per heavy atom. The van der Waals surface area contributed by atoms with E-state index in [0.717, 1.165) is 38.4 Å². The molecule has 2 N–H and O–H groups in total. The first-order valence-electron chi connectivity index (χ1n) is 14.9. The first-order valence-corrected chi connectivity index (χ1v) is 15.9. The van der Waals surface area contributed by atoms with E-state index in [0.29, 0.717) is 17.8 Å². The van der Waals surface area contributed by atoms with E-state index in [1.165, 1.54) is 6.20 Å². The molecule has 1 aliphatic heterocycles. The smallest absolute Gasteiger partial charge is 0.271 e. The van der Waals surface area contributed by atoms with Gasteiger partial charge in [-0.2, -0.15) is 0 Å². The van der Waals surface area contributed by atoms with Crippen LogP contribution in [0, 0.1) is 5.92 Å². The van der Waals surface area contributed by atoms with Crippen LogP contribution in [0.4, 0.5) is 0 Å². The molecule has 4 aromatic carbocycles. The van der Waals surface area contributed by atoms with Crippen molar-refractivity contribution in [2.75, 3.05) is 12.9 Å². The van der Waals surface area contributed by atoms with E-state index < -0.39 is 6.29 Å². The fourth-order valence-corrected chi connectivity index (χ4v) is 6.55. The molecule has 8 nitrogen and oxygen atoms in total. The van der Waals surface area contributed by atoms with Crippen molar-refractivity contribution in [1.82, 2.24) is 15.3 Å². The molecule has 1 aliphatic rings. The molecule has 230 valence electrons. The number of ether oxygens (including phenoxy) is 3. The van der Waals surface area contributed by atoms with Crippen molar-refractivity contribution < 1.29 is 24.1 Å². The van der Waals surface area contributed by atoms with Gasteiger partial charge >= 0.3 is 0 Å². The quantitative estimate of drug-likeness (QED) is 0.167. The lowest BCUT2D eigenvalue weighted by atomic mass is 9.91. The van der Waals surface area contributed by atoms with Gasteiger partial charge in [0.25, 0.3) is 5.91 Å². The minimum Gasteiger partial charge on any atom is -0.496 e. The number of para-hydroxylation sites is 3. The molecule has 1 fully saturated rings. The van der Waals surface area contributed by atoms with E-state index in [2.05, 4.69) is 28.3 Å². The van der Waals surface area contributed by atoms with Gasteiger partial charge in [-0.1, -0.05) is 79.7 Å². The number of hydrogen-bond donors (Lipinski definition) is 2. The van der Waals surface area contributed by atoms with Crippen LogP contribution < -0.4 is 10.1 Å². The van der Waals surface area contributed by atoms with Crippen LogP contribution in [0.1, 0.15) is 52.1 Å². The number of aliphatic hydroxyl groups excluding tert-OH is 1. The lowest BCUT2D eigenvalue weighted by molar-refractivity contribution is -0.268. The molecule has 6 rings (SSSR count). The van der Waals surface area contributed by atoms with Gasteiger partial charge in [-0.25, -0.2) is 4.98 Å². The maximum atomic E-state index is 12.8. The Kier molecular flexibility index (Phi) is 9.71. The number of nitrogens with one attached hydrogen (secondary N) is 1. The van der Waals surface area contributed by atoms with E-state index in [9.17, 15) is 9.90 Å². The van der Waals surface area contributed by atoms with E-state index in [1.54, 1.807) is 18.9 Å². The molecular weight excluding hydrogens is 586 g/mol. The van der Waals surface area contributed by atoms with Crippen LogP contribution in [0.15, 0.2) is 108 Å². The minimum absolute atomic E-state index is 0.00622. The highest BCUT2D eigenvalue weighted by molar-refractivity contribution is 7.99. The summed E-state index contributed by atoms with van der Waals surface area (Å²) in [7, 11) is 1.68. The summed E-state index contributed by atoms with van der Waals surface area (Å²) in [4.78, 5) is 22.6. The van der Waals surface area contributed by atoms with Gasteiger partial charge in [0, 0.05) is 28.7 Å². The minimum atomic E-state index is -0.580. The summed E-state index contributed by atoms with van der Waals surface area (Å²) >= 11 is 1.70. The van der Waals surface area contributed by atoms with Crippen LogP contribution in [0.3, 0.4) is 0 Å². The van der Waals surface area contributed by atoms with Crippen molar-refractivity contribution in [3.8, 4) is 5.75 Å². The van der Waals surface area contributed by atoms with Crippen LogP contribution >= 0.6 is 11.8 Å². The molecule has 1 saturated heterocycles. The SMILES string of the molecule is COc1ccccc1SC[C@H]1O[C@@H](c2ccc(CNC(=O)c3cnc4ccccc4n3)cc2)O[C@@H](c2ccc(CO)cc2)[C@H]1C. The highest BCUT2D eigenvalue weighted by atomic mass is 32.2. The first-order chi connectivity index (χ1) is 22.0. The second-order valence-electron chi connectivity index (χ2n) is 11.0. The van der Waals surface area contributed by atoms with Gasteiger partial charge in [0.15, 0.2) is 6.29 Å². The molecule has 5 aromatic rings. The molecule has 0 saturated carbocycles. The molecule has 0 spiro atoms. The topological polar surface area (TPSA) is 103 Å². The Labute approximate surface area is 266 Å². The number of methoxy groups -OCH3 is 1. The zero-order valence-electron chi connectivity index (χ0n) is 25.1. The lowest BCUT2D eigenvalue weighted by Gasteiger charge is -2.41. The van der Waals surface area contributed by atoms with Gasteiger partial charge in [-0.05, 0) is 41.0 Å². The number of fused-ring (bicyclic) bond motifs is 1. The molecule has 9 heteroatoms. The van der Waals surface area contributed by atoms with Gasteiger partial charge < -0.3 is 24.6 Å². The summed E-state index contributed by atoms with van der Waals surface area (Å²) in [5.74, 6) is 1.34. The fraction of sp³-hybridized carbons (Fsp3) is 0.250. The molecule has 0 aliphatic carbocycles. The van der Waals surface area contributed by atoms with Crippen molar-refractivity contribution in [3.05, 3.63) is 131 Å². The number of aromatic nitrogens is 2. The summed E-state index contributed by atoms with van der Waals surface area (Å²) in [5.41, 5.74) is 5.42. The normalized spacial score (nSPS) is 19.7. The number of hydrogen-bond acceptors (Lipinski definition) is 8. The molecule has 0 bridgehead atoms. The molecule has 45 heavy (non-hydrogen) atoms. The predicted molar refractivity (Wildman–Crippen MR) is 174 cm³/mol. The summed E-state index contributed by atoms with van der Waals surface area (Å²) in [5, 5.41) is 12.5. The lowest BCUT2D eigenvalue weighted by Crippen LogP contribution is -2.38. The van der Waals surface area contributed by atoms with Crippen molar-refractivity contribution in [3.63, 3.8) is 0 Å². The molecule has 0 unspecified atom stereocenters. The molecule has 1 amide bonds. The van der Waals surface area contributed by atoms with Crippen LogP contribution in [0.25, 0.3) is 11.0 Å². The number of thioether (sulfide) groups is 1. The number of nitrogens with zero attached hydrogens (tertiary/aromatic N) is 2. The van der Waals surface area contributed by atoms with E-state index in [1.807, 2.05) is 91.0 Å². The molecule has 1 aromatic heterocycles. The third kappa shape index (κ3) is 7.18. The zero-order valence-corrected chi connectivity index (χ0v) is 25.9. The van der Waals surface area contributed by atoms with E-state index in [4.69, 9.17) is 14.2 Å². The van der Waals surface area contributed by atoms with Crippen LogP contribution in [0.5, 0.6) is 5.75 Å². The molecular formula is C36H35N3O5S. The number of amides is 1. The van der Waals surface area contributed by atoms with Gasteiger partial charge in [-0.3, -0.25) is 9.78 Å². The van der Waals surface area contributed by atoms with E-state index >= 15 is 0 Å². The predicted octanol–water partition coefficient (Wildman–Crippen LogP) is 6.64. The van der Waals surface area contributed by atoms with Crippen LogP contribution in [-0.2, 0) is 22.6 Å². The summed E-state index contributed by atoms with van der Waals surface area (Å²) in [6.45, 7) is 2.49. The highest BCUT2D eigenvalue weighted by Crippen LogP contribution is 2.43. The maximum absolute atomic E-state index is 12.8. The van der Waals surface area contributed by atoms with Gasteiger partial charge in [0.2, 0.25) is 0 Å². The van der Waals surface area contributed by atoms with Crippen LogP contribution in [0.2, 0.25) is 0 Å². The maximum Gasteiger partial charge on any atom is 0.271 e. The van der Waals surface area contributed by atoms with Crippen molar-refractivity contribution in [1.29, 1.82) is 0 Å². The summed E-state index contributed by atoms with van der Waals surface area (Å²) in [6.07, 6.45) is 0.601. The monoisotopic (exact) mass is 621 g/mol. The van der Waals surface area contributed by atoms with Gasteiger partial charge in [0.1, 0.15) is 11.4 Å². The Morgan fingerprint density at radius 2 is 1.58 bits per heavy atom. The van der Waals surface area contributed by atoms with Gasteiger partial charge in [0.05, 0.1) is 43.2 Å². The second-order valence-corrected chi connectivity index (χ2v) is 12.0. The molecule has 0 radical (unpaired) electrons. The Hall–Kier alpha value is -4.28. The Morgan fingerprint density at radius 3 is 2.33 bits per heavy atom. The average molecular weight is 622 g/mol.